The van der Waals surface area contributed by atoms with Crippen LogP contribution in [0.1, 0.15) is 298 Å². The first-order valence-electron chi connectivity index (χ1n) is 26.8. The third-order valence-electron chi connectivity index (χ3n) is 12.6. The van der Waals surface area contributed by atoms with Crippen molar-refractivity contribution in [3.8, 4) is 0 Å². The third-order valence-corrected chi connectivity index (χ3v) is 12.6. The first-order valence-corrected chi connectivity index (χ1v) is 26.8. The first-order chi connectivity index (χ1) is 29.3. The molecule has 6 nitrogen and oxygen atoms in total. The Bertz CT molecular complexity index is 918. The highest BCUT2D eigenvalue weighted by Crippen LogP contribution is 2.18. The normalized spacial score (nSPS) is 12.5. The predicted octanol–water partition coefficient (Wildman–Crippen LogP) is 17.3. The molecule has 0 heterocycles. The van der Waals surface area contributed by atoms with Crippen molar-refractivity contribution >= 4 is 17.9 Å². The first kappa shape index (κ1) is 58.4. The molecule has 356 valence electrons. The quantitative estimate of drug-likeness (QED) is 0.0345. The molecule has 60 heavy (non-hydrogen) atoms. The fourth-order valence-corrected chi connectivity index (χ4v) is 8.13. The molecule has 0 fully saturated rings. The van der Waals surface area contributed by atoms with Gasteiger partial charge in [0.05, 0.1) is 0 Å². The molecule has 0 rings (SSSR count). The van der Waals surface area contributed by atoms with Gasteiger partial charge in [-0.15, -0.1) is 0 Å². The van der Waals surface area contributed by atoms with Crippen LogP contribution in [0.2, 0.25) is 0 Å². The molecule has 0 amide bonds. The molecule has 0 aliphatic rings. The van der Waals surface area contributed by atoms with E-state index in [9.17, 15) is 14.4 Å². The van der Waals surface area contributed by atoms with E-state index in [2.05, 4.69) is 34.6 Å². The molecule has 0 aromatic rings. The van der Waals surface area contributed by atoms with E-state index in [1.165, 1.54) is 186 Å². The lowest BCUT2D eigenvalue weighted by Crippen LogP contribution is -2.30. The summed E-state index contributed by atoms with van der Waals surface area (Å²) in [5, 5.41) is 0. The van der Waals surface area contributed by atoms with Gasteiger partial charge < -0.3 is 14.2 Å². The molecule has 0 aliphatic heterocycles. The number of carbonyl (C=O) groups is 3. The van der Waals surface area contributed by atoms with Crippen molar-refractivity contribution in [2.24, 2.45) is 11.8 Å². The van der Waals surface area contributed by atoms with E-state index < -0.39 is 6.10 Å². The average molecular weight is 849 g/mol. The minimum absolute atomic E-state index is 0.0634. The average Bonchev–Trinajstić information content (AvgIpc) is 3.23. The van der Waals surface area contributed by atoms with Crippen LogP contribution in [0.25, 0.3) is 0 Å². The molecule has 0 aromatic heterocycles. The van der Waals surface area contributed by atoms with Crippen molar-refractivity contribution in [2.75, 3.05) is 13.2 Å². The molecule has 0 spiro atoms. The predicted molar refractivity (Wildman–Crippen MR) is 256 cm³/mol. The number of esters is 3. The third kappa shape index (κ3) is 45.9. The van der Waals surface area contributed by atoms with Crippen LogP contribution in [0, 0.1) is 11.8 Å². The Labute approximate surface area is 374 Å². The van der Waals surface area contributed by atoms with Gasteiger partial charge in [0.1, 0.15) is 13.2 Å². The molecular formula is C54H104O6. The molecule has 6 heteroatoms. The fraction of sp³-hybridized carbons (Fsp3) is 0.944. The largest absolute Gasteiger partial charge is 0.462 e. The van der Waals surface area contributed by atoms with Gasteiger partial charge in [-0.05, 0) is 31.1 Å². The summed E-state index contributed by atoms with van der Waals surface area (Å²) in [4.78, 5) is 38.0. The summed E-state index contributed by atoms with van der Waals surface area (Å²) in [6, 6.07) is 0. The summed E-state index contributed by atoms with van der Waals surface area (Å²) in [6.07, 6.45) is 47.9. The molecular weight excluding hydrogens is 745 g/mol. The SMILES string of the molecule is CCCCCCCCCCCCCC(=O)O[C@@H](COC(=O)CCCCCCCCCCCCCCCCC(C)C)COC(=O)CCCCCCCCCCCCC(C)CC. The Hall–Kier alpha value is -1.59. The Morgan fingerprint density at radius 3 is 0.950 bits per heavy atom. The Morgan fingerprint density at radius 2 is 0.633 bits per heavy atom. The lowest BCUT2D eigenvalue weighted by molar-refractivity contribution is -0.167. The van der Waals surface area contributed by atoms with Crippen LogP contribution in [-0.4, -0.2) is 37.2 Å². The molecule has 0 bridgehead atoms. The van der Waals surface area contributed by atoms with E-state index in [0.29, 0.717) is 19.3 Å². The summed E-state index contributed by atoms with van der Waals surface area (Å²) in [7, 11) is 0. The van der Waals surface area contributed by atoms with Crippen molar-refractivity contribution in [1.29, 1.82) is 0 Å². The minimum Gasteiger partial charge on any atom is -0.462 e. The lowest BCUT2D eigenvalue weighted by Gasteiger charge is -2.18. The van der Waals surface area contributed by atoms with Gasteiger partial charge in [-0.25, -0.2) is 0 Å². The van der Waals surface area contributed by atoms with Crippen LogP contribution >= 0.6 is 0 Å². The maximum absolute atomic E-state index is 12.8. The van der Waals surface area contributed by atoms with Crippen molar-refractivity contribution in [1.82, 2.24) is 0 Å². The summed E-state index contributed by atoms with van der Waals surface area (Å²) < 4.78 is 16.8. The molecule has 0 saturated heterocycles. The van der Waals surface area contributed by atoms with E-state index in [1.54, 1.807) is 0 Å². The van der Waals surface area contributed by atoms with Crippen LogP contribution < -0.4 is 0 Å². The van der Waals surface area contributed by atoms with Crippen LogP contribution in [0.15, 0.2) is 0 Å². The highest BCUT2D eigenvalue weighted by Gasteiger charge is 2.19. The zero-order chi connectivity index (χ0) is 44.0. The number of ether oxygens (including phenoxy) is 3. The highest BCUT2D eigenvalue weighted by atomic mass is 16.6. The van der Waals surface area contributed by atoms with Gasteiger partial charge in [-0.1, -0.05) is 259 Å². The lowest BCUT2D eigenvalue weighted by atomic mass is 9.99. The van der Waals surface area contributed by atoms with Gasteiger partial charge in [0.15, 0.2) is 6.10 Å². The van der Waals surface area contributed by atoms with Crippen molar-refractivity contribution in [3.05, 3.63) is 0 Å². The van der Waals surface area contributed by atoms with Gasteiger partial charge in [0.25, 0.3) is 0 Å². The second-order valence-electron chi connectivity index (χ2n) is 19.2. The second-order valence-corrected chi connectivity index (χ2v) is 19.2. The molecule has 1 unspecified atom stereocenters. The van der Waals surface area contributed by atoms with Gasteiger partial charge in [-0.2, -0.15) is 0 Å². The smallest absolute Gasteiger partial charge is 0.306 e. The Kier molecular flexibility index (Phi) is 45.7. The van der Waals surface area contributed by atoms with E-state index in [-0.39, 0.29) is 31.1 Å². The second kappa shape index (κ2) is 46.9. The standard InChI is InChI=1S/C54H104O6/c1-6-8-9-10-11-12-17-26-31-36-41-46-54(57)60-51(48-59-53(56)45-40-35-30-25-21-20-23-28-33-38-43-50(5)7-2)47-58-52(55)44-39-34-29-24-19-16-14-13-15-18-22-27-32-37-42-49(3)4/h49-51H,6-48H2,1-5H3/t50?,51-/m0/s1. The number of hydrogen-bond acceptors (Lipinski definition) is 6. The van der Waals surface area contributed by atoms with Crippen LogP contribution in [0.4, 0.5) is 0 Å². The number of carbonyl (C=O) groups excluding carboxylic acids is 3. The topological polar surface area (TPSA) is 78.9 Å². The zero-order valence-corrected chi connectivity index (χ0v) is 41.1. The Balaban J connectivity index is 4.28. The van der Waals surface area contributed by atoms with Gasteiger partial charge in [0, 0.05) is 19.3 Å². The van der Waals surface area contributed by atoms with E-state index in [0.717, 1.165) is 69.6 Å². The summed E-state index contributed by atoms with van der Waals surface area (Å²) in [5.74, 6) is 0.868. The van der Waals surface area contributed by atoms with Crippen molar-refractivity contribution in [3.63, 3.8) is 0 Å². The maximum atomic E-state index is 12.8. The zero-order valence-electron chi connectivity index (χ0n) is 41.1. The van der Waals surface area contributed by atoms with Crippen LogP contribution in [0.5, 0.6) is 0 Å². The molecule has 0 radical (unpaired) electrons. The van der Waals surface area contributed by atoms with Crippen LogP contribution in [-0.2, 0) is 28.6 Å². The number of rotatable bonds is 48. The van der Waals surface area contributed by atoms with Gasteiger partial charge in [-0.3, -0.25) is 14.4 Å². The molecule has 0 aliphatic carbocycles. The minimum atomic E-state index is -0.761. The molecule has 0 N–H and O–H groups in total. The van der Waals surface area contributed by atoms with E-state index >= 15 is 0 Å². The van der Waals surface area contributed by atoms with Crippen LogP contribution in [0.3, 0.4) is 0 Å². The van der Waals surface area contributed by atoms with E-state index in [4.69, 9.17) is 14.2 Å². The summed E-state index contributed by atoms with van der Waals surface area (Å²) in [5.41, 5.74) is 0. The number of hydrogen-bond donors (Lipinski definition) is 0. The highest BCUT2D eigenvalue weighted by molar-refractivity contribution is 5.71. The summed E-state index contributed by atoms with van der Waals surface area (Å²) >= 11 is 0. The molecule has 0 saturated carbocycles. The van der Waals surface area contributed by atoms with E-state index in [1.807, 2.05) is 0 Å². The van der Waals surface area contributed by atoms with Gasteiger partial charge >= 0.3 is 17.9 Å². The monoisotopic (exact) mass is 849 g/mol. The fourth-order valence-electron chi connectivity index (χ4n) is 8.13. The van der Waals surface area contributed by atoms with Crippen molar-refractivity contribution < 1.29 is 28.6 Å². The van der Waals surface area contributed by atoms with Gasteiger partial charge in [0.2, 0.25) is 0 Å². The Morgan fingerprint density at radius 1 is 0.350 bits per heavy atom. The molecule has 2 atom stereocenters. The summed E-state index contributed by atoms with van der Waals surface area (Å²) in [6.45, 7) is 11.4. The van der Waals surface area contributed by atoms with Crippen molar-refractivity contribution in [2.45, 2.75) is 304 Å². The maximum Gasteiger partial charge on any atom is 0.306 e. The number of unbranched alkanes of at least 4 members (excludes halogenated alkanes) is 32. The molecule has 0 aromatic carbocycles.